The van der Waals surface area contributed by atoms with Crippen molar-refractivity contribution in [2.75, 3.05) is 5.32 Å². The number of nitrogens with zero attached hydrogens (tertiary/aromatic N) is 2. The highest BCUT2D eigenvalue weighted by Crippen LogP contribution is 2.23. The van der Waals surface area contributed by atoms with E-state index in [-0.39, 0.29) is 5.56 Å². The number of nitrogens with one attached hydrogen (secondary N) is 1. The first-order chi connectivity index (χ1) is 9.94. The molecule has 4 nitrogen and oxygen atoms in total. The highest BCUT2D eigenvalue weighted by atomic mass is 19.1. The van der Waals surface area contributed by atoms with E-state index in [1.54, 1.807) is 24.3 Å². The molecule has 1 heterocycles. The summed E-state index contributed by atoms with van der Waals surface area (Å²) in [4.78, 5) is 15.5. The van der Waals surface area contributed by atoms with Crippen molar-refractivity contribution in [3.63, 3.8) is 0 Å². The normalized spacial score (nSPS) is 10.8. The van der Waals surface area contributed by atoms with Gasteiger partial charge < -0.3 is 5.32 Å². The van der Waals surface area contributed by atoms with Gasteiger partial charge in [-0.2, -0.15) is 5.26 Å². The predicted molar refractivity (Wildman–Crippen MR) is 77.2 cm³/mol. The fraction of sp³-hybridized carbons (Fsp3) is 0.188. The largest absolute Gasteiger partial charge is 0.322 e. The molecule has 5 heteroatoms. The standard InChI is InChI=1S/C16H14FN3O/c1-16(2,10-18)11-3-5-12(6-4-11)20-15(21)13-7-8-19-9-14(13)17/h3-9H,1-2H3,(H,20,21). The zero-order valence-electron chi connectivity index (χ0n) is 11.7. The highest BCUT2D eigenvalue weighted by Gasteiger charge is 2.19. The Balaban J connectivity index is 2.17. The average Bonchev–Trinajstić information content (AvgIpc) is 2.48. The van der Waals surface area contributed by atoms with E-state index in [1.807, 2.05) is 13.8 Å². The molecular formula is C16H14FN3O. The van der Waals surface area contributed by atoms with Crippen LogP contribution < -0.4 is 5.32 Å². The van der Waals surface area contributed by atoms with Crippen molar-refractivity contribution in [3.8, 4) is 6.07 Å². The Morgan fingerprint density at radius 3 is 2.52 bits per heavy atom. The quantitative estimate of drug-likeness (QED) is 0.940. The summed E-state index contributed by atoms with van der Waals surface area (Å²) in [6.45, 7) is 3.62. The van der Waals surface area contributed by atoms with Gasteiger partial charge in [-0.1, -0.05) is 12.1 Å². The number of rotatable bonds is 3. The molecular weight excluding hydrogens is 269 g/mol. The van der Waals surface area contributed by atoms with Crippen molar-refractivity contribution in [3.05, 3.63) is 59.7 Å². The SMILES string of the molecule is CC(C)(C#N)c1ccc(NC(=O)c2ccncc2F)cc1. The van der Waals surface area contributed by atoms with Crippen molar-refractivity contribution in [2.24, 2.45) is 0 Å². The van der Waals surface area contributed by atoms with Gasteiger partial charge in [0.05, 0.1) is 23.2 Å². The topological polar surface area (TPSA) is 65.8 Å². The Bertz CT molecular complexity index is 702. The molecule has 0 saturated carbocycles. The first kappa shape index (κ1) is 14.7. The fourth-order valence-corrected chi connectivity index (χ4v) is 1.79. The Labute approximate surface area is 122 Å². The smallest absolute Gasteiger partial charge is 0.258 e. The van der Waals surface area contributed by atoms with Crippen LogP contribution in [-0.2, 0) is 5.41 Å². The number of carbonyl (C=O) groups is 1. The van der Waals surface area contributed by atoms with Gasteiger partial charge in [0.25, 0.3) is 5.91 Å². The first-order valence-electron chi connectivity index (χ1n) is 6.37. The van der Waals surface area contributed by atoms with Crippen LogP contribution in [0.5, 0.6) is 0 Å². The molecule has 0 aliphatic heterocycles. The van der Waals surface area contributed by atoms with Gasteiger partial charge in [0.2, 0.25) is 0 Å². The van der Waals surface area contributed by atoms with Crippen LogP contribution in [-0.4, -0.2) is 10.9 Å². The molecule has 106 valence electrons. The molecule has 0 aliphatic rings. The number of anilines is 1. The lowest BCUT2D eigenvalue weighted by atomic mass is 9.86. The molecule has 0 atom stereocenters. The van der Waals surface area contributed by atoms with E-state index in [0.717, 1.165) is 11.8 Å². The van der Waals surface area contributed by atoms with Gasteiger partial charge in [-0.15, -0.1) is 0 Å². The van der Waals surface area contributed by atoms with E-state index < -0.39 is 17.1 Å². The summed E-state index contributed by atoms with van der Waals surface area (Å²) in [5, 5.41) is 11.7. The molecule has 0 aliphatic carbocycles. The van der Waals surface area contributed by atoms with Gasteiger partial charge in [0, 0.05) is 11.9 Å². The molecule has 2 rings (SSSR count). The Kier molecular flexibility index (Phi) is 3.99. The number of nitriles is 1. The van der Waals surface area contributed by atoms with E-state index in [0.29, 0.717) is 5.69 Å². The minimum Gasteiger partial charge on any atom is -0.322 e. The molecule has 0 radical (unpaired) electrons. The summed E-state index contributed by atoms with van der Waals surface area (Å²) >= 11 is 0. The molecule has 1 N–H and O–H groups in total. The van der Waals surface area contributed by atoms with Crippen LogP contribution in [0.1, 0.15) is 29.8 Å². The highest BCUT2D eigenvalue weighted by molar-refractivity contribution is 6.04. The molecule has 0 bridgehead atoms. The van der Waals surface area contributed by atoms with E-state index in [9.17, 15) is 9.18 Å². The maximum atomic E-state index is 13.4. The van der Waals surface area contributed by atoms with Crippen LogP contribution >= 0.6 is 0 Å². The summed E-state index contributed by atoms with van der Waals surface area (Å²) in [6, 6.07) is 10.4. The van der Waals surface area contributed by atoms with Crippen LogP contribution in [0.3, 0.4) is 0 Å². The number of hydrogen-bond donors (Lipinski definition) is 1. The summed E-state index contributed by atoms with van der Waals surface area (Å²) in [6.07, 6.45) is 2.35. The molecule has 0 fully saturated rings. The number of aromatic nitrogens is 1. The Morgan fingerprint density at radius 1 is 1.29 bits per heavy atom. The van der Waals surface area contributed by atoms with E-state index >= 15 is 0 Å². The number of benzene rings is 1. The summed E-state index contributed by atoms with van der Waals surface area (Å²) in [5.74, 6) is -1.21. The number of hydrogen-bond acceptors (Lipinski definition) is 3. The third kappa shape index (κ3) is 3.23. The summed E-state index contributed by atoms with van der Waals surface area (Å²) < 4.78 is 13.4. The maximum Gasteiger partial charge on any atom is 0.258 e. The zero-order chi connectivity index (χ0) is 15.5. The van der Waals surface area contributed by atoms with Crippen molar-refractivity contribution in [1.82, 2.24) is 4.98 Å². The molecule has 21 heavy (non-hydrogen) atoms. The first-order valence-corrected chi connectivity index (χ1v) is 6.37. The molecule has 1 aromatic carbocycles. The molecule has 1 amide bonds. The van der Waals surface area contributed by atoms with Crippen molar-refractivity contribution >= 4 is 11.6 Å². The minimum absolute atomic E-state index is 0.0635. The van der Waals surface area contributed by atoms with Gasteiger partial charge in [-0.05, 0) is 37.6 Å². The summed E-state index contributed by atoms with van der Waals surface area (Å²) in [5.41, 5.74) is 0.720. The second-order valence-electron chi connectivity index (χ2n) is 5.12. The molecule has 2 aromatic rings. The third-order valence-corrected chi connectivity index (χ3v) is 3.16. The second kappa shape index (κ2) is 5.71. The van der Waals surface area contributed by atoms with Crippen molar-refractivity contribution in [2.45, 2.75) is 19.3 Å². The van der Waals surface area contributed by atoms with Gasteiger partial charge in [-0.25, -0.2) is 4.39 Å². The number of amides is 1. The average molecular weight is 283 g/mol. The number of halogens is 1. The lowest BCUT2D eigenvalue weighted by Crippen LogP contribution is -2.15. The summed E-state index contributed by atoms with van der Waals surface area (Å²) in [7, 11) is 0. The van der Waals surface area contributed by atoms with Gasteiger partial charge in [-0.3, -0.25) is 9.78 Å². The molecule has 0 unspecified atom stereocenters. The lowest BCUT2D eigenvalue weighted by Gasteiger charge is -2.16. The lowest BCUT2D eigenvalue weighted by molar-refractivity contribution is 0.102. The zero-order valence-corrected chi connectivity index (χ0v) is 11.7. The van der Waals surface area contributed by atoms with Crippen LogP contribution in [0.15, 0.2) is 42.7 Å². The Morgan fingerprint density at radius 2 is 1.95 bits per heavy atom. The van der Waals surface area contributed by atoms with Crippen LogP contribution in [0, 0.1) is 17.1 Å². The van der Waals surface area contributed by atoms with Crippen LogP contribution in [0.4, 0.5) is 10.1 Å². The van der Waals surface area contributed by atoms with Crippen molar-refractivity contribution in [1.29, 1.82) is 5.26 Å². The molecule has 1 aromatic heterocycles. The van der Waals surface area contributed by atoms with Crippen molar-refractivity contribution < 1.29 is 9.18 Å². The fourth-order valence-electron chi connectivity index (χ4n) is 1.79. The van der Waals surface area contributed by atoms with Crippen LogP contribution in [0.25, 0.3) is 0 Å². The van der Waals surface area contributed by atoms with Gasteiger partial charge in [0.15, 0.2) is 5.82 Å². The number of carbonyl (C=O) groups excluding carboxylic acids is 1. The van der Waals surface area contributed by atoms with E-state index in [4.69, 9.17) is 5.26 Å². The van der Waals surface area contributed by atoms with Crippen LogP contribution in [0.2, 0.25) is 0 Å². The third-order valence-electron chi connectivity index (χ3n) is 3.16. The predicted octanol–water partition coefficient (Wildman–Crippen LogP) is 3.27. The maximum absolute atomic E-state index is 13.4. The molecule has 0 spiro atoms. The minimum atomic E-state index is -0.669. The monoisotopic (exact) mass is 283 g/mol. The van der Waals surface area contributed by atoms with E-state index in [1.165, 1.54) is 12.3 Å². The second-order valence-corrected chi connectivity index (χ2v) is 5.12. The Hall–Kier alpha value is -2.74. The van der Waals surface area contributed by atoms with Gasteiger partial charge in [0.1, 0.15) is 0 Å². The van der Waals surface area contributed by atoms with E-state index in [2.05, 4.69) is 16.4 Å². The van der Waals surface area contributed by atoms with Gasteiger partial charge >= 0.3 is 0 Å². The molecule has 0 saturated heterocycles. The number of pyridine rings is 1.